The van der Waals surface area contributed by atoms with Crippen LogP contribution in [-0.2, 0) is 0 Å². The number of aliphatic hydroxyl groups is 1. The summed E-state index contributed by atoms with van der Waals surface area (Å²) < 4.78 is 41.4. The molecule has 98 valence electrons. The van der Waals surface area contributed by atoms with Crippen LogP contribution in [0.2, 0.25) is 5.02 Å². The summed E-state index contributed by atoms with van der Waals surface area (Å²) in [5, 5.41) is 10.8. The lowest BCUT2D eigenvalue weighted by Crippen LogP contribution is -2.09. The number of hydrogen-bond acceptors (Lipinski definition) is 2. The molecule has 0 saturated heterocycles. The third kappa shape index (κ3) is 3.17. The highest BCUT2D eigenvalue weighted by molar-refractivity contribution is 6.31. The Bertz CT molecular complexity index is 548. The van der Waals surface area contributed by atoms with E-state index in [1.54, 1.807) is 18.2 Å². The fraction of sp³-hybridized carbons (Fsp3) is 0.333. The number of alkyl halides is 3. The van der Waals surface area contributed by atoms with Crippen molar-refractivity contribution >= 4 is 22.6 Å². The van der Waals surface area contributed by atoms with E-state index in [4.69, 9.17) is 16.0 Å². The molecule has 0 saturated carbocycles. The summed E-state index contributed by atoms with van der Waals surface area (Å²) in [5.41, 5.74) is 0.487. The maximum absolute atomic E-state index is 12.0. The lowest BCUT2D eigenvalue weighted by atomic mass is 10.1. The van der Waals surface area contributed by atoms with Crippen LogP contribution in [-0.4, -0.2) is 11.3 Å². The average molecular weight is 279 g/mol. The monoisotopic (exact) mass is 278 g/mol. The van der Waals surface area contributed by atoms with Gasteiger partial charge in [0.1, 0.15) is 17.4 Å². The molecule has 0 aliphatic heterocycles. The summed E-state index contributed by atoms with van der Waals surface area (Å²) in [7, 11) is 0. The highest BCUT2D eigenvalue weighted by Crippen LogP contribution is 2.31. The second kappa shape index (κ2) is 4.82. The zero-order chi connectivity index (χ0) is 13.3. The second-order valence-electron chi connectivity index (χ2n) is 4.00. The molecule has 1 aromatic carbocycles. The Morgan fingerprint density at radius 1 is 1.28 bits per heavy atom. The van der Waals surface area contributed by atoms with Gasteiger partial charge in [0, 0.05) is 16.8 Å². The first-order valence-corrected chi connectivity index (χ1v) is 5.67. The largest absolute Gasteiger partial charge is 0.458 e. The topological polar surface area (TPSA) is 33.4 Å². The van der Waals surface area contributed by atoms with Crippen LogP contribution < -0.4 is 0 Å². The van der Waals surface area contributed by atoms with Crippen molar-refractivity contribution in [2.75, 3.05) is 0 Å². The molecule has 0 aliphatic carbocycles. The van der Waals surface area contributed by atoms with E-state index in [1.807, 2.05) is 0 Å². The zero-order valence-corrected chi connectivity index (χ0v) is 9.92. The van der Waals surface area contributed by atoms with Gasteiger partial charge in [0.05, 0.1) is 0 Å². The average Bonchev–Trinajstić information content (AvgIpc) is 2.67. The molecule has 0 bridgehead atoms. The van der Waals surface area contributed by atoms with E-state index in [0.717, 1.165) is 0 Å². The fourth-order valence-corrected chi connectivity index (χ4v) is 1.82. The van der Waals surface area contributed by atoms with E-state index >= 15 is 0 Å². The van der Waals surface area contributed by atoms with Crippen LogP contribution in [0.4, 0.5) is 13.2 Å². The van der Waals surface area contributed by atoms with Gasteiger partial charge in [0.2, 0.25) is 0 Å². The van der Waals surface area contributed by atoms with Gasteiger partial charge in [0.15, 0.2) is 0 Å². The van der Waals surface area contributed by atoms with Crippen molar-refractivity contribution in [1.82, 2.24) is 0 Å². The second-order valence-corrected chi connectivity index (χ2v) is 4.44. The van der Waals surface area contributed by atoms with Gasteiger partial charge in [-0.15, -0.1) is 0 Å². The van der Waals surface area contributed by atoms with Gasteiger partial charge in [-0.05, 0) is 30.7 Å². The molecule has 2 nitrogen and oxygen atoms in total. The normalized spacial score (nSPS) is 14.1. The zero-order valence-electron chi connectivity index (χ0n) is 9.17. The van der Waals surface area contributed by atoms with Gasteiger partial charge in [-0.25, -0.2) is 0 Å². The minimum absolute atomic E-state index is 0.122. The summed E-state index contributed by atoms with van der Waals surface area (Å²) in [5.74, 6) is 0.122. The van der Waals surface area contributed by atoms with E-state index in [0.29, 0.717) is 16.0 Å². The van der Waals surface area contributed by atoms with Crippen molar-refractivity contribution in [2.24, 2.45) is 0 Å². The Morgan fingerprint density at radius 3 is 2.67 bits per heavy atom. The number of rotatable bonds is 3. The van der Waals surface area contributed by atoms with Crippen molar-refractivity contribution < 1.29 is 22.7 Å². The lowest BCUT2D eigenvalue weighted by molar-refractivity contribution is -0.140. The number of halogens is 4. The first-order valence-electron chi connectivity index (χ1n) is 5.29. The van der Waals surface area contributed by atoms with E-state index < -0.39 is 25.1 Å². The quantitative estimate of drug-likeness (QED) is 0.899. The predicted octanol–water partition coefficient (Wildman–Crippen LogP) is 4.46. The summed E-state index contributed by atoms with van der Waals surface area (Å²) in [4.78, 5) is 0. The third-order valence-electron chi connectivity index (χ3n) is 2.53. The van der Waals surface area contributed by atoms with Crippen LogP contribution in [0, 0.1) is 0 Å². The smallest absolute Gasteiger partial charge is 0.389 e. The van der Waals surface area contributed by atoms with Crippen molar-refractivity contribution in [2.45, 2.75) is 25.1 Å². The number of aliphatic hydroxyl groups excluding tert-OH is 1. The van der Waals surface area contributed by atoms with Crippen LogP contribution in [0.15, 0.2) is 28.7 Å². The molecular formula is C12H10ClF3O2. The minimum atomic E-state index is -4.28. The van der Waals surface area contributed by atoms with Crippen LogP contribution in [0.1, 0.15) is 24.7 Å². The van der Waals surface area contributed by atoms with Crippen molar-refractivity contribution in [3.8, 4) is 0 Å². The van der Waals surface area contributed by atoms with E-state index in [2.05, 4.69) is 0 Å². The van der Waals surface area contributed by atoms with E-state index in [1.165, 1.54) is 6.07 Å². The lowest BCUT2D eigenvalue weighted by Gasteiger charge is -2.09. The molecule has 18 heavy (non-hydrogen) atoms. The molecule has 1 heterocycles. The van der Waals surface area contributed by atoms with Crippen LogP contribution in [0.25, 0.3) is 11.0 Å². The maximum atomic E-state index is 12.0. The van der Waals surface area contributed by atoms with Gasteiger partial charge < -0.3 is 9.52 Å². The van der Waals surface area contributed by atoms with Gasteiger partial charge in [-0.1, -0.05) is 11.6 Å². The van der Waals surface area contributed by atoms with Crippen molar-refractivity contribution in [1.29, 1.82) is 0 Å². The molecule has 0 amide bonds. The molecule has 0 aliphatic rings. The number of furan rings is 1. The molecule has 1 atom stereocenters. The Kier molecular flexibility index (Phi) is 3.54. The van der Waals surface area contributed by atoms with Crippen LogP contribution in [0.5, 0.6) is 0 Å². The first kappa shape index (κ1) is 13.2. The SMILES string of the molecule is OC(CCC(F)(F)F)c1cc2cc(Cl)ccc2o1. The molecular weight excluding hydrogens is 269 g/mol. The highest BCUT2D eigenvalue weighted by atomic mass is 35.5. The van der Waals surface area contributed by atoms with E-state index in [9.17, 15) is 18.3 Å². The molecule has 2 rings (SSSR count). The number of benzene rings is 1. The standard InChI is InChI=1S/C12H10ClF3O2/c13-8-1-2-10-7(5-8)6-11(18-10)9(17)3-4-12(14,15)16/h1-2,5-6,9,17H,3-4H2. The highest BCUT2D eigenvalue weighted by Gasteiger charge is 2.29. The Morgan fingerprint density at radius 2 is 2.00 bits per heavy atom. The summed E-state index contributed by atoms with van der Waals surface area (Å²) in [6, 6.07) is 6.35. The van der Waals surface area contributed by atoms with Crippen molar-refractivity contribution in [3.63, 3.8) is 0 Å². The van der Waals surface area contributed by atoms with Gasteiger partial charge in [-0.3, -0.25) is 0 Å². The predicted molar refractivity (Wildman–Crippen MR) is 61.5 cm³/mol. The van der Waals surface area contributed by atoms with Gasteiger partial charge in [0.25, 0.3) is 0 Å². The first-order chi connectivity index (χ1) is 8.35. The maximum Gasteiger partial charge on any atom is 0.389 e. The molecule has 6 heteroatoms. The van der Waals surface area contributed by atoms with Gasteiger partial charge >= 0.3 is 6.18 Å². The summed E-state index contributed by atoms with van der Waals surface area (Å²) in [6.07, 6.45) is -7.02. The minimum Gasteiger partial charge on any atom is -0.458 e. The van der Waals surface area contributed by atoms with E-state index in [-0.39, 0.29) is 5.76 Å². The molecule has 1 unspecified atom stereocenters. The molecule has 1 N–H and O–H groups in total. The molecule has 0 spiro atoms. The molecule has 0 fully saturated rings. The van der Waals surface area contributed by atoms with Crippen molar-refractivity contribution in [3.05, 3.63) is 35.0 Å². The Balaban J connectivity index is 2.15. The Hall–Kier alpha value is -1.20. The summed E-state index contributed by atoms with van der Waals surface area (Å²) >= 11 is 5.78. The molecule has 2 aromatic rings. The number of hydrogen-bond donors (Lipinski definition) is 1. The van der Waals surface area contributed by atoms with Crippen LogP contribution in [0.3, 0.4) is 0 Å². The fourth-order valence-electron chi connectivity index (χ4n) is 1.64. The molecule has 1 aromatic heterocycles. The van der Waals surface area contributed by atoms with Crippen LogP contribution >= 0.6 is 11.6 Å². The van der Waals surface area contributed by atoms with Gasteiger partial charge in [-0.2, -0.15) is 13.2 Å². The third-order valence-corrected chi connectivity index (χ3v) is 2.76. The molecule has 0 radical (unpaired) electrons. The summed E-state index contributed by atoms with van der Waals surface area (Å²) in [6.45, 7) is 0. The number of fused-ring (bicyclic) bond motifs is 1. The Labute approximate surface area is 106 Å².